The lowest BCUT2D eigenvalue weighted by molar-refractivity contribution is -0.116. The number of rotatable bonds is 7. The van der Waals surface area contributed by atoms with Gasteiger partial charge in [-0.25, -0.2) is 12.7 Å². The number of carbonyl (C=O) groups is 1. The molecule has 1 saturated heterocycles. The Hall–Kier alpha value is -2.35. The monoisotopic (exact) mass is 418 g/mol. The highest BCUT2D eigenvalue weighted by molar-refractivity contribution is 7.89. The Labute approximate surface area is 173 Å². The number of nitrogens with zero attached hydrogens (tertiary/aromatic N) is 2. The van der Waals surface area contributed by atoms with Crippen LogP contribution in [0.1, 0.15) is 44.6 Å². The van der Waals surface area contributed by atoms with E-state index in [-0.39, 0.29) is 22.8 Å². The van der Waals surface area contributed by atoms with Gasteiger partial charge in [0.15, 0.2) is 0 Å². The molecule has 8 heteroatoms. The topological polar surface area (TPSA) is 93.6 Å². The summed E-state index contributed by atoms with van der Waals surface area (Å²) in [6.45, 7) is 3.19. The van der Waals surface area contributed by atoms with Gasteiger partial charge in [-0.2, -0.15) is 0 Å². The molecule has 1 aromatic rings. The van der Waals surface area contributed by atoms with Crippen molar-refractivity contribution in [3.05, 3.63) is 42.0 Å². The molecule has 0 radical (unpaired) electrons. The second kappa shape index (κ2) is 9.43. The maximum Gasteiger partial charge on any atom is 0.266 e. The zero-order valence-electron chi connectivity index (χ0n) is 16.9. The molecule has 1 amide bonds. The lowest BCUT2D eigenvalue weighted by atomic mass is 9.94. The molecule has 0 unspecified atom stereocenters. The minimum Gasteiger partial charge on any atom is -0.352 e. The van der Waals surface area contributed by atoms with E-state index in [1.165, 1.54) is 16.8 Å². The van der Waals surface area contributed by atoms with E-state index in [0.717, 1.165) is 31.2 Å². The van der Waals surface area contributed by atoms with Crippen LogP contribution in [0, 0.1) is 5.41 Å². The van der Waals surface area contributed by atoms with Gasteiger partial charge in [-0.15, -0.1) is 0 Å². The van der Waals surface area contributed by atoms with E-state index in [4.69, 9.17) is 5.41 Å². The van der Waals surface area contributed by atoms with E-state index < -0.39 is 10.0 Å². The summed E-state index contributed by atoms with van der Waals surface area (Å²) in [5, 5.41) is 11.2. The SMILES string of the molecule is C/C=C/C(=O)NCCc1ccc(S(=O)(=O)N2CCN(C3CCCCC3)C2=N)cc1. The van der Waals surface area contributed by atoms with Crippen LogP contribution in [0.15, 0.2) is 41.3 Å². The van der Waals surface area contributed by atoms with Crippen LogP contribution in [-0.4, -0.2) is 55.2 Å². The van der Waals surface area contributed by atoms with Gasteiger partial charge in [0, 0.05) is 19.1 Å². The molecule has 2 fully saturated rings. The molecule has 1 aromatic carbocycles. The number of guanidine groups is 1. The Morgan fingerprint density at radius 2 is 1.86 bits per heavy atom. The number of amides is 1. The third kappa shape index (κ3) is 4.98. The molecule has 0 atom stereocenters. The van der Waals surface area contributed by atoms with Crippen molar-refractivity contribution >= 4 is 21.9 Å². The van der Waals surface area contributed by atoms with Crippen LogP contribution < -0.4 is 5.32 Å². The Bertz CT molecular complexity index is 858. The summed E-state index contributed by atoms with van der Waals surface area (Å²) in [6, 6.07) is 7.02. The van der Waals surface area contributed by atoms with Gasteiger partial charge in [-0.05, 0) is 50.0 Å². The predicted octanol–water partition coefficient (Wildman–Crippen LogP) is 2.50. The molecular formula is C21H30N4O3S. The minimum atomic E-state index is -3.73. The molecule has 0 aromatic heterocycles. The van der Waals surface area contributed by atoms with Gasteiger partial charge in [0.1, 0.15) is 0 Å². The molecule has 158 valence electrons. The molecule has 0 bridgehead atoms. The van der Waals surface area contributed by atoms with Crippen molar-refractivity contribution in [2.75, 3.05) is 19.6 Å². The van der Waals surface area contributed by atoms with Crippen LogP contribution in [0.2, 0.25) is 0 Å². The summed E-state index contributed by atoms with van der Waals surface area (Å²) >= 11 is 0. The number of benzene rings is 1. The van der Waals surface area contributed by atoms with Crippen molar-refractivity contribution in [2.24, 2.45) is 0 Å². The summed E-state index contributed by atoms with van der Waals surface area (Å²) in [5.74, 6) is -0.0329. The Morgan fingerprint density at radius 1 is 1.17 bits per heavy atom. The van der Waals surface area contributed by atoms with Gasteiger partial charge in [0.05, 0.1) is 11.4 Å². The highest BCUT2D eigenvalue weighted by Crippen LogP contribution is 2.28. The zero-order chi connectivity index (χ0) is 20.9. The second-order valence-electron chi connectivity index (χ2n) is 7.57. The van der Waals surface area contributed by atoms with Crippen molar-refractivity contribution in [3.8, 4) is 0 Å². The second-order valence-corrected chi connectivity index (χ2v) is 9.43. The maximum absolute atomic E-state index is 13.1. The van der Waals surface area contributed by atoms with E-state index in [1.54, 1.807) is 37.3 Å². The van der Waals surface area contributed by atoms with Gasteiger partial charge in [0.25, 0.3) is 10.0 Å². The fraction of sp³-hybridized carbons (Fsp3) is 0.524. The molecule has 0 spiro atoms. The standard InChI is InChI=1S/C21H30N4O3S/c1-2-6-20(26)23-14-13-17-9-11-19(12-10-17)29(27,28)25-16-15-24(21(25)22)18-7-4-3-5-8-18/h2,6,9-12,18,22H,3-5,7-8,13-16H2,1H3,(H,23,26)/b6-2+,22-21?. The van der Waals surface area contributed by atoms with Crippen LogP contribution in [0.25, 0.3) is 0 Å². The first kappa shape index (κ1) is 21.4. The summed E-state index contributed by atoms with van der Waals surface area (Å²) in [7, 11) is -3.73. The number of nitrogens with one attached hydrogen (secondary N) is 2. The van der Waals surface area contributed by atoms with Crippen LogP contribution in [0.4, 0.5) is 0 Å². The van der Waals surface area contributed by atoms with Gasteiger partial charge >= 0.3 is 0 Å². The zero-order valence-corrected chi connectivity index (χ0v) is 17.7. The molecular weight excluding hydrogens is 388 g/mol. The molecule has 2 aliphatic rings. The fourth-order valence-electron chi connectivity index (χ4n) is 4.03. The number of allylic oxidation sites excluding steroid dienone is 1. The molecule has 1 aliphatic carbocycles. The number of sulfonamides is 1. The summed E-state index contributed by atoms with van der Waals surface area (Å²) in [6.07, 6.45) is 9.38. The van der Waals surface area contributed by atoms with E-state index in [9.17, 15) is 13.2 Å². The molecule has 1 heterocycles. The fourth-order valence-corrected chi connectivity index (χ4v) is 5.42. The van der Waals surface area contributed by atoms with Crippen LogP contribution in [0.5, 0.6) is 0 Å². The average molecular weight is 419 g/mol. The van der Waals surface area contributed by atoms with Gasteiger partial charge in [-0.1, -0.05) is 37.5 Å². The third-order valence-corrected chi connectivity index (χ3v) is 7.41. The van der Waals surface area contributed by atoms with Crippen LogP contribution >= 0.6 is 0 Å². The lowest BCUT2D eigenvalue weighted by Crippen LogP contribution is -2.42. The number of hydrogen-bond acceptors (Lipinski definition) is 4. The van der Waals surface area contributed by atoms with E-state index in [1.807, 2.05) is 4.90 Å². The van der Waals surface area contributed by atoms with Crippen molar-refractivity contribution in [3.63, 3.8) is 0 Å². The highest BCUT2D eigenvalue weighted by Gasteiger charge is 2.38. The Balaban J connectivity index is 1.62. The lowest BCUT2D eigenvalue weighted by Gasteiger charge is -2.32. The smallest absolute Gasteiger partial charge is 0.266 e. The average Bonchev–Trinajstić information content (AvgIpc) is 3.11. The molecule has 29 heavy (non-hydrogen) atoms. The van der Waals surface area contributed by atoms with E-state index in [0.29, 0.717) is 26.1 Å². The van der Waals surface area contributed by atoms with E-state index >= 15 is 0 Å². The first-order chi connectivity index (χ1) is 13.9. The molecule has 2 N–H and O–H groups in total. The first-order valence-electron chi connectivity index (χ1n) is 10.3. The van der Waals surface area contributed by atoms with E-state index in [2.05, 4.69) is 5.32 Å². The summed E-state index contributed by atoms with van der Waals surface area (Å²) in [4.78, 5) is 13.6. The van der Waals surface area contributed by atoms with Crippen molar-refractivity contribution in [2.45, 2.75) is 56.4 Å². The van der Waals surface area contributed by atoms with Gasteiger partial charge in [-0.3, -0.25) is 10.2 Å². The van der Waals surface area contributed by atoms with Crippen LogP contribution in [-0.2, 0) is 21.2 Å². The molecule has 3 rings (SSSR count). The number of carbonyl (C=O) groups excluding carboxylic acids is 1. The van der Waals surface area contributed by atoms with Gasteiger partial charge in [0.2, 0.25) is 11.9 Å². The maximum atomic E-state index is 13.1. The molecule has 1 aliphatic heterocycles. The van der Waals surface area contributed by atoms with Crippen molar-refractivity contribution in [1.82, 2.24) is 14.5 Å². The minimum absolute atomic E-state index is 0.104. The third-order valence-electron chi connectivity index (χ3n) is 5.61. The van der Waals surface area contributed by atoms with Crippen molar-refractivity contribution < 1.29 is 13.2 Å². The normalized spacial score (nSPS) is 18.6. The summed E-state index contributed by atoms with van der Waals surface area (Å²) < 4.78 is 27.3. The first-order valence-corrected chi connectivity index (χ1v) is 11.7. The van der Waals surface area contributed by atoms with Crippen LogP contribution in [0.3, 0.4) is 0 Å². The molecule has 1 saturated carbocycles. The predicted molar refractivity (Wildman–Crippen MR) is 113 cm³/mol. The molecule has 7 nitrogen and oxygen atoms in total. The quantitative estimate of drug-likeness (QED) is 0.665. The number of hydrogen-bond donors (Lipinski definition) is 2. The summed E-state index contributed by atoms with van der Waals surface area (Å²) in [5.41, 5.74) is 0.949. The highest BCUT2D eigenvalue weighted by atomic mass is 32.2. The Kier molecular flexibility index (Phi) is 6.95. The largest absolute Gasteiger partial charge is 0.352 e. The van der Waals surface area contributed by atoms with Gasteiger partial charge < -0.3 is 10.2 Å². The van der Waals surface area contributed by atoms with Crippen molar-refractivity contribution in [1.29, 1.82) is 5.41 Å². The Morgan fingerprint density at radius 3 is 2.52 bits per heavy atom.